The monoisotopic (exact) mass is 253 g/mol. The zero-order chi connectivity index (χ0) is 12.5. The highest BCUT2D eigenvalue weighted by atomic mass is 32.2. The molecule has 0 saturated carbocycles. The smallest absolute Gasteiger partial charge is 0.133 e. The maximum Gasteiger partial charge on any atom is 0.133 e. The summed E-state index contributed by atoms with van der Waals surface area (Å²) in [6, 6.07) is 0. The Labute approximate surface area is 109 Å². The zero-order valence-corrected chi connectivity index (χ0v) is 11.9. The lowest BCUT2D eigenvalue weighted by Crippen LogP contribution is -2.07. The van der Waals surface area contributed by atoms with Gasteiger partial charge in [0.05, 0.1) is 0 Å². The highest BCUT2D eigenvalue weighted by Gasteiger charge is 2.10. The number of thioether (sulfide) groups is 1. The molecule has 0 aliphatic rings. The van der Waals surface area contributed by atoms with E-state index >= 15 is 0 Å². The first-order chi connectivity index (χ1) is 8.33. The molecule has 0 fully saturated rings. The van der Waals surface area contributed by atoms with E-state index in [1.54, 1.807) is 6.33 Å². The van der Waals surface area contributed by atoms with Gasteiger partial charge in [-0.2, -0.15) is 0 Å². The van der Waals surface area contributed by atoms with E-state index in [2.05, 4.69) is 36.1 Å². The zero-order valence-electron chi connectivity index (χ0n) is 11.1. The van der Waals surface area contributed by atoms with Crippen LogP contribution in [0.3, 0.4) is 0 Å². The fraction of sp³-hybridized carbons (Fsp3) is 0.692. The molecule has 1 N–H and O–H groups in total. The summed E-state index contributed by atoms with van der Waals surface area (Å²) in [7, 11) is 0. The van der Waals surface area contributed by atoms with Gasteiger partial charge in [-0.25, -0.2) is 9.97 Å². The van der Waals surface area contributed by atoms with Crippen LogP contribution in [0.1, 0.15) is 45.6 Å². The molecule has 3 nitrogen and oxygen atoms in total. The van der Waals surface area contributed by atoms with Crippen LogP contribution in [0.15, 0.2) is 11.4 Å². The van der Waals surface area contributed by atoms with Gasteiger partial charge in [-0.15, -0.1) is 11.8 Å². The van der Waals surface area contributed by atoms with Gasteiger partial charge in [0.25, 0.3) is 0 Å². The molecule has 0 bridgehead atoms. The van der Waals surface area contributed by atoms with Crippen molar-refractivity contribution in [1.29, 1.82) is 0 Å². The fourth-order valence-corrected chi connectivity index (χ4v) is 2.48. The molecule has 0 unspecified atom stereocenters. The Hall–Kier alpha value is -0.770. The standard InChI is InChI=1S/C13H23N3S/c1-4-7-11-12(14-8-5-2)15-10-16-13(11)17-9-6-3/h10H,4-9H2,1-3H3,(H,14,15,16). The van der Waals surface area contributed by atoms with E-state index in [0.29, 0.717) is 0 Å². The number of nitrogens with zero attached hydrogens (tertiary/aromatic N) is 2. The third-order valence-electron chi connectivity index (χ3n) is 2.39. The molecule has 0 radical (unpaired) electrons. The van der Waals surface area contributed by atoms with Crippen molar-refractivity contribution in [3.05, 3.63) is 11.9 Å². The summed E-state index contributed by atoms with van der Waals surface area (Å²) < 4.78 is 0. The summed E-state index contributed by atoms with van der Waals surface area (Å²) in [5.74, 6) is 2.16. The van der Waals surface area contributed by atoms with E-state index in [9.17, 15) is 0 Å². The Morgan fingerprint density at radius 2 is 1.94 bits per heavy atom. The lowest BCUT2D eigenvalue weighted by atomic mass is 10.2. The lowest BCUT2D eigenvalue weighted by molar-refractivity contribution is 0.848. The molecule has 0 aromatic carbocycles. The minimum absolute atomic E-state index is 0.978. The molecular formula is C13H23N3S. The van der Waals surface area contributed by atoms with Crippen LogP contribution in [0, 0.1) is 0 Å². The molecule has 96 valence electrons. The quantitative estimate of drug-likeness (QED) is 0.565. The second-order valence-corrected chi connectivity index (χ2v) is 5.11. The van der Waals surface area contributed by atoms with Crippen LogP contribution in [-0.4, -0.2) is 22.3 Å². The maximum atomic E-state index is 4.42. The van der Waals surface area contributed by atoms with E-state index in [0.717, 1.165) is 42.4 Å². The van der Waals surface area contributed by atoms with Gasteiger partial charge in [0, 0.05) is 12.1 Å². The van der Waals surface area contributed by atoms with Crippen LogP contribution >= 0.6 is 11.8 Å². The predicted octanol–water partition coefficient (Wildman–Crippen LogP) is 3.75. The largest absolute Gasteiger partial charge is 0.370 e. The Bertz CT molecular complexity index is 302. The van der Waals surface area contributed by atoms with E-state index < -0.39 is 0 Å². The Morgan fingerprint density at radius 3 is 2.59 bits per heavy atom. The second kappa shape index (κ2) is 8.34. The van der Waals surface area contributed by atoms with Crippen molar-refractivity contribution in [2.75, 3.05) is 17.6 Å². The van der Waals surface area contributed by atoms with Crippen molar-refractivity contribution in [3.8, 4) is 0 Å². The van der Waals surface area contributed by atoms with Gasteiger partial charge in [-0.1, -0.05) is 27.2 Å². The van der Waals surface area contributed by atoms with E-state index in [4.69, 9.17) is 0 Å². The first-order valence-corrected chi connectivity index (χ1v) is 7.52. The molecule has 1 aromatic rings. The minimum atomic E-state index is 0.978. The van der Waals surface area contributed by atoms with Gasteiger partial charge in [0.15, 0.2) is 0 Å². The number of nitrogens with one attached hydrogen (secondary N) is 1. The highest BCUT2D eigenvalue weighted by molar-refractivity contribution is 7.99. The molecule has 0 atom stereocenters. The van der Waals surface area contributed by atoms with Gasteiger partial charge in [-0.3, -0.25) is 0 Å². The average molecular weight is 253 g/mol. The van der Waals surface area contributed by atoms with E-state index in [1.165, 1.54) is 12.0 Å². The van der Waals surface area contributed by atoms with Gasteiger partial charge in [-0.05, 0) is 25.0 Å². The molecule has 1 rings (SSSR count). The maximum absolute atomic E-state index is 4.42. The first-order valence-electron chi connectivity index (χ1n) is 6.53. The Kier molecular flexibility index (Phi) is 7.01. The number of hydrogen-bond acceptors (Lipinski definition) is 4. The molecule has 0 aliphatic carbocycles. The van der Waals surface area contributed by atoms with Crippen LogP contribution in [0.2, 0.25) is 0 Å². The summed E-state index contributed by atoms with van der Waals surface area (Å²) in [6.07, 6.45) is 6.16. The van der Waals surface area contributed by atoms with Crippen LogP contribution < -0.4 is 5.32 Å². The number of rotatable bonds is 8. The van der Waals surface area contributed by atoms with Crippen molar-refractivity contribution in [3.63, 3.8) is 0 Å². The Balaban J connectivity index is 2.86. The lowest BCUT2D eigenvalue weighted by Gasteiger charge is -2.12. The topological polar surface area (TPSA) is 37.8 Å². The molecule has 0 amide bonds. The normalized spacial score (nSPS) is 10.5. The molecular weight excluding hydrogens is 230 g/mol. The molecule has 0 aliphatic heterocycles. The van der Waals surface area contributed by atoms with Crippen molar-refractivity contribution in [2.45, 2.75) is 51.5 Å². The van der Waals surface area contributed by atoms with Crippen LogP contribution in [0.5, 0.6) is 0 Å². The molecule has 0 spiro atoms. The predicted molar refractivity (Wildman–Crippen MR) is 75.8 cm³/mol. The second-order valence-electron chi connectivity index (χ2n) is 4.03. The van der Waals surface area contributed by atoms with Crippen molar-refractivity contribution >= 4 is 17.6 Å². The van der Waals surface area contributed by atoms with Crippen molar-refractivity contribution in [1.82, 2.24) is 9.97 Å². The number of aromatic nitrogens is 2. The molecule has 4 heteroatoms. The van der Waals surface area contributed by atoms with Gasteiger partial charge < -0.3 is 5.32 Å². The highest BCUT2D eigenvalue weighted by Crippen LogP contribution is 2.26. The van der Waals surface area contributed by atoms with Crippen molar-refractivity contribution in [2.24, 2.45) is 0 Å². The third-order valence-corrected chi connectivity index (χ3v) is 3.63. The molecule has 17 heavy (non-hydrogen) atoms. The molecule has 1 aromatic heterocycles. The van der Waals surface area contributed by atoms with Crippen LogP contribution in [-0.2, 0) is 6.42 Å². The summed E-state index contributed by atoms with van der Waals surface area (Å²) in [6.45, 7) is 7.54. The SMILES string of the molecule is CCCNc1ncnc(SCCC)c1CCC. The Morgan fingerprint density at radius 1 is 1.12 bits per heavy atom. The molecule has 0 saturated heterocycles. The molecule has 1 heterocycles. The summed E-state index contributed by atoms with van der Waals surface area (Å²) >= 11 is 1.84. The fourth-order valence-electron chi connectivity index (χ4n) is 1.59. The average Bonchev–Trinajstić information content (AvgIpc) is 2.36. The summed E-state index contributed by atoms with van der Waals surface area (Å²) in [5, 5.41) is 4.56. The van der Waals surface area contributed by atoms with Crippen LogP contribution in [0.25, 0.3) is 0 Å². The summed E-state index contributed by atoms with van der Waals surface area (Å²) in [4.78, 5) is 8.78. The van der Waals surface area contributed by atoms with Gasteiger partial charge in [0.1, 0.15) is 17.2 Å². The third kappa shape index (κ3) is 4.54. The van der Waals surface area contributed by atoms with Crippen molar-refractivity contribution < 1.29 is 0 Å². The minimum Gasteiger partial charge on any atom is -0.370 e. The van der Waals surface area contributed by atoms with Crippen LogP contribution in [0.4, 0.5) is 5.82 Å². The van der Waals surface area contributed by atoms with E-state index in [1.807, 2.05) is 11.8 Å². The number of hydrogen-bond donors (Lipinski definition) is 1. The first kappa shape index (κ1) is 14.3. The number of anilines is 1. The van der Waals surface area contributed by atoms with E-state index in [-0.39, 0.29) is 0 Å². The van der Waals surface area contributed by atoms with Gasteiger partial charge in [0.2, 0.25) is 0 Å². The van der Waals surface area contributed by atoms with Gasteiger partial charge >= 0.3 is 0 Å². The summed E-state index contributed by atoms with van der Waals surface area (Å²) in [5.41, 5.74) is 1.29.